The van der Waals surface area contributed by atoms with E-state index in [1.54, 1.807) is 0 Å². The van der Waals surface area contributed by atoms with Gasteiger partial charge in [-0.1, -0.05) is 0 Å². The smallest absolute Gasteiger partial charge is 0.0510 e. The number of nitrogens with zero attached hydrogens (tertiary/aromatic N) is 1. The summed E-state index contributed by atoms with van der Waals surface area (Å²) < 4.78 is 0. The molecular weight excluding hydrogens is 138 g/mol. The average molecular weight is 157 g/mol. The zero-order valence-corrected chi connectivity index (χ0v) is 7.34. The summed E-state index contributed by atoms with van der Waals surface area (Å²) in [5, 5.41) is 3.29. The van der Waals surface area contributed by atoms with E-state index < -0.39 is 0 Å². The van der Waals surface area contributed by atoms with Crippen LogP contribution in [0, 0.1) is 0 Å². The van der Waals surface area contributed by atoms with Gasteiger partial charge in [0, 0.05) is 6.54 Å². The fourth-order valence-corrected chi connectivity index (χ4v) is 0.792. The van der Waals surface area contributed by atoms with Crippen LogP contribution in [0.4, 0.5) is 0 Å². The number of rotatable bonds is 7. The summed E-state index contributed by atoms with van der Waals surface area (Å²) in [7, 11) is 0. The van der Waals surface area contributed by atoms with Crippen molar-refractivity contribution in [2.24, 2.45) is 10.7 Å². The minimum atomic E-state index is 0.800. The highest BCUT2D eigenvalue weighted by Gasteiger charge is 1.85. The largest absolute Gasteiger partial charge is 0.330 e. The van der Waals surface area contributed by atoms with Gasteiger partial charge in [-0.25, -0.2) is 0 Å². The summed E-state index contributed by atoms with van der Waals surface area (Å²) in [6, 6.07) is 0. The second-order valence-electron chi connectivity index (χ2n) is 2.41. The highest BCUT2D eigenvalue weighted by atomic mass is 14.9. The maximum absolute atomic E-state index is 5.34. The molecule has 0 radical (unpaired) electrons. The molecule has 0 atom stereocenters. The Morgan fingerprint density at radius 1 is 1.36 bits per heavy atom. The van der Waals surface area contributed by atoms with Crippen molar-refractivity contribution in [1.29, 1.82) is 0 Å². The Hall–Kier alpha value is -0.410. The predicted octanol–water partition coefficient (Wildman–Crippen LogP) is 0.406. The third-order valence-corrected chi connectivity index (χ3v) is 1.41. The number of nitrogens with two attached hydrogens (primary N) is 1. The zero-order chi connectivity index (χ0) is 8.36. The van der Waals surface area contributed by atoms with Crippen LogP contribution in [-0.4, -0.2) is 32.4 Å². The van der Waals surface area contributed by atoms with Crippen LogP contribution in [0.5, 0.6) is 0 Å². The summed E-state index contributed by atoms with van der Waals surface area (Å²) >= 11 is 0. The Balaban J connectivity index is 2.79. The lowest BCUT2D eigenvalue weighted by Crippen LogP contribution is -2.19. The molecule has 0 aromatic carbocycles. The van der Waals surface area contributed by atoms with Crippen molar-refractivity contribution < 1.29 is 0 Å². The van der Waals surface area contributed by atoms with Gasteiger partial charge in [0.15, 0.2) is 0 Å². The van der Waals surface area contributed by atoms with Gasteiger partial charge in [0.1, 0.15) is 0 Å². The second kappa shape index (κ2) is 9.59. The molecule has 0 fully saturated rings. The molecule has 0 heterocycles. The molecule has 0 rings (SSSR count). The van der Waals surface area contributed by atoms with Crippen LogP contribution in [0.3, 0.4) is 0 Å². The molecule has 0 aromatic heterocycles. The van der Waals surface area contributed by atoms with Gasteiger partial charge in [-0.15, -0.1) is 0 Å². The van der Waals surface area contributed by atoms with Gasteiger partial charge < -0.3 is 11.1 Å². The molecule has 66 valence electrons. The van der Waals surface area contributed by atoms with E-state index in [9.17, 15) is 0 Å². The van der Waals surface area contributed by atoms with E-state index in [0.29, 0.717) is 0 Å². The fraction of sp³-hybridized carbons (Fsp3) is 0.875. The molecule has 11 heavy (non-hydrogen) atoms. The lowest BCUT2D eigenvalue weighted by atomic mass is 10.3. The summed E-state index contributed by atoms with van der Waals surface area (Å²) in [6.07, 6.45) is 4.12. The van der Waals surface area contributed by atoms with Gasteiger partial charge in [-0.3, -0.25) is 4.99 Å². The van der Waals surface area contributed by atoms with Crippen molar-refractivity contribution >= 4 is 6.21 Å². The van der Waals surface area contributed by atoms with Gasteiger partial charge in [0.05, 0.1) is 6.54 Å². The first kappa shape index (κ1) is 10.6. The Kier molecular flexibility index (Phi) is 9.23. The molecular formula is C8H19N3. The Morgan fingerprint density at radius 2 is 2.18 bits per heavy atom. The van der Waals surface area contributed by atoms with Gasteiger partial charge in [-0.2, -0.15) is 0 Å². The van der Waals surface area contributed by atoms with Gasteiger partial charge in [-0.05, 0) is 39.1 Å². The number of aliphatic imine (C=N–C) groups is 1. The Bertz CT molecular complexity index is 91.3. The Morgan fingerprint density at radius 3 is 2.82 bits per heavy atom. The lowest BCUT2D eigenvalue weighted by molar-refractivity contribution is 0.632. The topological polar surface area (TPSA) is 50.4 Å². The number of unbranched alkanes of at least 4 members (excludes halogenated alkanes) is 1. The highest BCUT2D eigenvalue weighted by Crippen LogP contribution is 1.81. The van der Waals surface area contributed by atoms with Crippen LogP contribution in [0.2, 0.25) is 0 Å². The number of hydrogen-bond donors (Lipinski definition) is 2. The van der Waals surface area contributed by atoms with Gasteiger partial charge in [0.25, 0.3) is 0 Å². The average Bonchev–Trinajstić information content (AvgIpc) is 2.03. The minimum Gasteiger partial charge on any atom is -0.330 e. The summed E-state index contributed by atoms with van der Waals surface area (Å²) in [6.45, 7) is 5.67. The molecule has 0 unspecified atom stereocenters. The fourth-order valence-electron chi connectivity index (χ4n) is 0.792. The van der Waals surface area contributed by atoms with E-state index in [-0.39, 0.29) is 0 Å². The van der Waals surface area contributed by atoms with E-state index in [0.717, 1.165) is 32.6 Å². The molecule has 0 aliphatic heterocycles. The first-order valence-electron chi connectivity index (χ1n) is 4.27. The van der Waals surface area contributed by atoms with E-state index in [1.165, 1.54) is 6.42 Å². The van der Waals surface area contributed by atoms with Crippen LogP contribution in [0.25, 0.3) is 0 Å². The molecule has 0 aliphatic rings. The first-order chi connectivity index (χ1) is 5.41. The summed E-state index contributed by atoms with van der Waals surface area (Å²) in [5.74, 6) is 0. The van der Waals surface area contributed by atoms with Gasteiger partial charge >= 0.3 is 0 Å². The monoisotopic (exact) mass is 157 g/mol. The van der Waals surface area contributed by atoms with Crippen molar-refractivity contribution in [2.45, 2.75) is 19.8 Å². The molecule has 3 N–H and O–H groups in total. The Labute approximate surface area is 69.1 Å². The normalized spacial score (nSPS) is 11.1. The van der Waals surface area contributed by atoms with Crippen LogP contribution in [0.1, 0.15) is 19.8 Å². The van der Waals surface area contributed by atoms with Crippen LogP contribution in [-0.2, 0) is 0 Å². The van der Waals surface area contributed by atoms with Crippen LogP contribution < -0.4 is 11.1 Å². The molecule has 0 saturated carbocycles. The summed E-state index contributed by atoms with van der Waals surface area (Å²) in [4.78, 5) is 4.08. The third-order valence-electron chi connectivity index (χ3n) is 1.41. The summed E-state index contributed by atoms with van der Waals surface area (Å²) in [5.41, 5.74) is 5.34. The second-order valence-corrected chi connectivity index (χ2v) is 2.41. The molecule has 0 bridgehead atoms. The van der Waals surface area contributed by atoms with E-state index in [2.05, 4.69) is 10.3 Å². The van der Waals surface area contributed by atoms with Gasteiger partial charge in [0.2, 0.25) is 0 Å². The van der Waals surface area contributed by atoms with Crippen molar-refractivity contribution in [2.75, 3.05) is 26.2 Å². The minimum absolute atomic E-state index is 0.800. The molecule has 0 spiro atoms. The van der Waals surface area contributed by atoms with E-state index >= 15 is 0 Å². The molecule has 0 saturated heterocycles. The van der Waals surface area contributed by atoms with Crippen LogP contribution >= 0.6 is 0 Å². The first-order valence-corrected chi connectivity index (χ1v) is 4.27. The van der Waals surface area contributed by atoms with E-state index in [4.69, 9.17) is 5.73 Å². The molecule has 3 heteroatoms. The standard InChI is InChI=1S/C8H19N3/c1-2-10-7-8-11-6-4-3-5-9/h2,11H,3-9H2,1H3. The highest BCUT2D eigenvalue weighted by molar-refractivity contribution is 5.53. The van der Waals surface area contributed by atoms with Crippen LogP contribution in [0.15, 0.2) is 4.99 Å². The van der Waals surface area contributed by atoms with E-state index in [1.807, 2.05) is 13.1 Å². The van der Waals surface area contributed by atoms with Crippen molar-refractivity contribution in [3.8, 4) is 0 Å². The maximum atomic E-state index is 5.34. The van der Waals surface area contributed by atoms with Crippen molar-refractivity contribution in [1.82, 2.24) is 5.32 Å². The molecule has 3 nitrogen and oxygen atoms in total. The zero-order valence-electron chi connectivity index (χ0n) is 7.34. The third kappa shape index (κ3) is 9.59. The number of nitrogens with one attached hydrogen (secondary N) is 1. The SMILES string of the molecule is CC=NCCNCCCCN. The molecule has 0 aliphatic carbocycles. The molecule has 0 amide bonds. The van der Waals surface area contributed by atoms with Crippen molar-refractivity contribution in [3.63, 3.8) is 0 Å². The quantitative estimate of drug-likeness (QED) is 0.415. The predicted molar refractivity (Wildman–Crippen MR) is 50.2 cm³/mol. The maximum Gasteiger partial charge on any atom is 0.0510 e. The number of hydrogen-bond acceptors (Lipinski definition) is 3. The molecule has 0 aromatic rings. The lowest BCUT2D eigenvalue weighted by Gasteiger charge is -2.00. The van der Waals surface area contributed by atoms with Crippen molar-refractivity contribution in [3.05, 3.63) is 0 Å².